The summed E-state index contributed by atoms with van der Waals surface area (Å²) < 4.78 is 2.12. The van der Waals surface area contributed by atoms with Crippen LogP contribution in [-0.2, 0) is 0 Å². The van der Waals surface area contributed by atoms with Crippen LogP contribution >= 0.6 is 11.6 Å². The number of hydrogen-bond acceptors (Lipinski definition) is 2. The zero-order valence-electron chi connectivity index (χ0n) is 12.3. The molecule has 0 aliphatic rings. The number of phenols is 1. The molecule has 0 aliphatic carbocycles. The van der Waals surface area contributed by atoms with E-state index in [0.717, 1.165) is 28.0 Å². The molecule has 0 unspecified atom stereocenters. The lowest BCUT2D eigenvalue weighted by molar-refractivity contribution is 0.475. The lowest BCUT2D eigenvalue weighted by atomic mass is 10.1. The Bertz CT molecular complexity index is 821. The predicted molar refractivity (Wildman–Crippen MR) is 87.0 cm³/mol. The van der Waals surface area contributed by atoms with E-state index in [9.17, 15) is 5.11 Å². The molecule has 0 saturated heterocycles. The van der Waals surface area contributed by atoms with Crippen molar-refractivity contribution in [2.24, 2.45) is 0 Å². The zero-order chi connectivity index (χ0) is 15.1. The summed E-state index contributed by atoms with van der Waals surface area (Å²) in [5.74, 6) is 1.01. The van der Waals surface area contributed by atoms with Gasteiger partial charge in [-0.05, 0) is 56.7 Å². The number of benzene rings is 2. The summed E-state index contributed by atoms with van der Waals surface area (Å²) in [5, 5.41) is 10.9. The smallest absolute Gasteiger partial charge is 0.145 e. The Morgan fingerprint density at radius 2 is 1.90 bits per heavy atom. The third-order valence-electron chi connectivity index (χ3n) is 3.56. The Kier molecular flexibility index (Phi) is 3.38. The van der Waals surface area contributed by atoms with Crippen molar-refractivity contribution in [2.75, 3.05) is 0 Å². The number of nitrogens with zero attached hydrogens (tertiary/aromatic N) is 2. The van der Waals surface area contributed by atoms with Gasteiger partial charge in [-0.25, -0.2) is 4.98 Å². The van der Waals surface area contributed by atoms with Crippen LogP contribution in [0.4, 0.5) is 0 Å². The number of rotatable bonds is 2. The minimum Gasteiger partial charge on any atom is -0.507 e. The van der Waals surface area contributed by atoms with E-state index in [1.54, 1.807) is 6.07 Å². The van der Waals surface area contributed by atoms with E-state index in [1.807, 2.05) is 37.3 Å². The van der Waals surface area contributed by atoms with Gasteiger partial charge in [0.05, 0.1) is 16.6 Å². The third kappa shape index (κ3) is 2.38. The summed E-state index contributed by atoms with van der Waals surface area (Å²) in [7, 11) is 0. The van der Waals surface area contributed by atoms with E-state index in [2.05, 4.69) is 23.4 Å². The Hall–Kier alpha value is -2.00. The Morgan fingerprint density at radius 1 is 1.14 bits per heavy atom. The van der Waals surface area contributed by atoms with E-state index in [0.29, 0.717) is 5.02 Å². The Balaban J connectivity index is 2.33. The van der Waals surface area contributed by atoms with Crippen molar-refractivity contribution in [3.05, 3.63) is 47.0 Å². The van der Waals surface area contributed by atoms with Crippen molar-refractivity contribution in [1.29, 1.82) is 0 Å². The fourth-order valence-electron chi connectivity index (χ4n) is 2.62. The SMILES string of the molecule is Cc1ccc(-c2nc3cc(Cl)ccc3n2C(C)C)c(O)c1. The zero-order valence-corrected chi connectivity index (χ0v) is 13.0. The number of hydrogen-bond donors (Lipinski definition) is 1. The third-order valence-corrected chi connectivity index (χ3v) is 3.80. The van der Waals surface area contributed by atoms with Gasteiger partial charge in [0.2, 0.25) is 0 Å². The van der Waals surface area contributed by atoms with Gasteiger partial charge in [-0.3, -0.25) is 0 Å². The maximum atomic E-state index is 10.3. The van der Waals surface area contributed by atoms with E-state index >= 15 is 0 Å². The topological polar surface area (TPSA) is 38.0 Å². The van der Waals surface area contributed by atoms with Crippen molar-refractivity contribution in [1.82, 2.24) is 9.55 Å². The molecule has 0 radical (unpaired) electrons. The first-order valence-electron chi connectivity index (χ1n) is 6.95. The van der Waals surface area contributed by atoms with Crippen LogP contribution in [-0.4, -0.2) is 14.7 Å². The van der Waals surface area contributed by atoms with Crippen LogP contribution in [0.2, 0.25) is 5.02 Å². The van der Waals surface area contributed by atoms with Gasteiger partial charge >= 0.3 is 0 Å². The first-order valence-corrected chi connectivity index (χ1v) is 7.32. The van der Waals surface area contributed by atoms with Gasteiger partial charge in [0.1, 0.15) is 11.6 Å². The van der Waals surface area contributed by atoms with E-state index in [-0.39, 0.29) is 11.8 Å². The fourth-order valence-corrected chi connectivity index (χ4v) is 2.78. The van der Waals surface area contributed by atoms with Gasteiger partial charge in [0.25, 0.3) is 0 Å². The van der Waals surface area contributed by atoms with E-state index in [1.165, 1.54) is 0 Å². The molecule has 4 heteroatoms. The highest BCUT2D eigenvalue weighted by Gasteiger charge is 2.17. The number of aromatic hydroxyl groups is 1. The van der Waals surface area contributed by atoms with Crippen LogP contribution in [0.15, 0.2) is 36.4 Å². The molecular weight excluding hydrogens is 284 g/mol. The van der Waals surface area contributed by atoms with Crippen LogP contribution < -0.4 is 0 Å². The molecule has 0 saturated carbocycles. The number of fused-ring (bicyclic) bond motifs is 1. The van der Waals surface area contributed by atoms with Crippen LogP contribution in [0.3, 0.4) is 0 Å². The number of aryl methyl sites for hydroxylation is 1. The van der Waals surface area contributed by atoms with Crippen LogP contribution in [0.5, 0.6) is 5.75 Å². The molecule has 0 amide bonds. The highest BCUT2D eigenvalue weighted by atomic mass is 35.5. The first-order chi connectivity index (χ1) is 9.97. The molecule has 0 bridgehead atoms. The second kappa shape index (κ2) is 5.08. The Labute approximate surface area is 128 Å². The minimum atomic E-state index is 0.229. The number of imidazole rings is 1. The summed E-state index contributed by atoms with van der Waals surface area (Å²) >= 11 is 6.06. The van der Waals surface area contributed by atoms with Gasteiger partial charge < -0.3 is 9.67 Å². The molecule has 108 valence electrons. The second-order valence-electron chi connectivity index (χ2n) is 5.55. The maximum absolute atomic E-state index is 10.3. The Morgan fingerprint density at radius 3 is 2.57 bits per heavy atom. The summed E-state index contributed by atoms with van der Waals surface area (Å²) in [6.45, 7) is 6.16. The highest BCUT2D eigenvalue weighted by molar-refractivity contribution is 6.31. The van der Waals surface area contributed by atoms with Crippen LogP contribution in [0, 0.1) is 6.92 Å². The van der Waals surface area contributed by atoms with E-state index < -0.39 is 0 Å². The summed E-state index contributed by atoms with van der Waals surface area (Å²) in [5.41, 5.74) is 3.61. The van der Waals surface area contributed by atoms with Crippen molar-refractivity contribution < 1.29 is 5.11 Å². The average Bonchev–Trinajstić information content (AvgIpc) is 2.76. The van der Waals surface area contributed by atoms with Crippen molar-refractivity contribution in [2.45, 2.75) is 26.8 Å². The lowest BCUT2D eigenvalue weighted by Crippen LogP contribution is -2.03. The minimum absolute atomic E-state index is 0.229. The molecule has 2 aromatic carbocycles. The number of aromatic nitrogens is 2. The van der Waals surface area contributed by atoms with Gasteiger partial charge in [-0.2, -0.15) is 0 Å². The summed E-state index contributed by atoms with van der Waals surface area (Å²) in [6.07, 6.45) is 0. The highest BCUT2D eigenvalue weighted by Crippen LogP contribution is 2.34. The molecule has 0 atom stereocenters. The van der Waals surface area contributed by atoms with E-state index in [4.69, 9.17) is 11.6 Å². The van der Waals surface area contributed by atoms with Crippen molar-refractivity contribution in [3.8, 4) is 17.1 Å². The van der Waals surface area contributed by atoms with Crippen LogP contribution in [0.25, 0.3) is 22.4 Å². The fraction of sp³-hybridized carbons (Fsp3) is 0.235. The van der Waals surface area contributed by atoms with Gasteiger partial charge in [-0.1, -0.05) is 17.7 Å². The standard InChI is InChI=1S/C17H17ClN2O/c1-10(2)20-15-7-5-12(18)9-14(15)19-17(20)13-6-4-11(3)8-16(13)21/h4-10,21H,1-3H3. The molecular formula is C17H17ClN2O. The molecule has 3 nitrogen and oxygen atoms in total. The lowest BCUT2D eigenvalue weighted by Gasteiger charge is -2.14. The molecule has 1 heterocycles. The molecule has 0 fully saturated rings. The molecule has 3 rings (SSSR count). The maximum Gasteiger partial charge on any atom is 0.145 e. The second-order valence-corrected chi connectivity index (χ2v) is 5.99. The average molecular weight is 301 g/mol. The largest absolute Gasteiger partial charge is 0.507 e. The molecule has 0 spiro atoms. The van der Waals surface area contributed by atoms with Crippen molar-refractivity contribution in [3.63, 3.8) is 0 Å². The quantitative estimate of drug-likeness (QED) is 0.727. The molecule has 1 N–H and O–H groups in total. The van der Waals surface area contributed by atoms with Crippen molar-refractivity contribution >= 4 is 22.6 Å². The van der Waals surface area contributed by atoms with Gasteiger partial charge in [0, 0.05) is 11.1 Å². The normalized spacial score (nSPS) is 11.5. The summed E-state index contributed by atoms with van der Waals surface area (Å²) in [6, 6.07) is 11.6. The monoisotopic (exact) mass is 300 g/mol. The number of halogens is 1. The van der Waals surface area contributed by atoms with Crippen LogP contribution in [0.1, 0.15) is 25.5 Å². The molecule has 3 aromatic rings. The number of phenolic OH excluding ortho intramolecular Hbond substituents is 1. The van der Waals surface area contributed by atoms with Gasteiger partial charge in [-0.15, -0.1) is 0 Å². The van der Waals surface area contributed by atoms with Gasteiger partial charge in [0.15, 0.2) is 0 Å². The molecule has 1 aromatic heterocycles. The molecule has 21 heavy (non-hydrogen) atoms. The predicted octanol–water partition coefficient (Wildman–Crippen LogP) is 4.95. The molecule has 0 aliphatic heterocycles. The summed E-state index contributed by atoms with van der Waals surface area (Å²) in [4.78, 5) is 4.67. The first kappa shape index (κ1) is 14.0.